The topological polar surface area (TPSA) is 72.9 Å². The van der Waals surface area contributed by atoms with E-state index in [9.17, 15) is 9.59 Å². The molecular weight excluding hydrogens is 282 g/mol. The Morgan fingerprint density at radius 2 is 1.82 bits per heavy atom. The third-order valence-electron chi connectivity index (χ3n) is 3.86. The van der Waals surface area contributed by atoms with Crippen LogP contribution in [0.15, 0.2) is 24.3 Å². The van der Waals surface area contributed by atoms with Gasteiger partial charge in [0.1, 0.15) is 6.61 Å². The molecule has 1 saturated heterocycles. The zero-order chi connectivity index (χ0) is 16.1. The molecule has 0 bridgehead atoms. The van der Waals surface area contributed by atoms with E-state index in [1.165, 1.54) is 5.56 Å². The van der Waals surface area contributed by atoms with E-state index in [4.69, 9.17) is 5.11 Å². The van der Waals surface area contributed by atoms with Crippen molar-refractivity contribution in [3.63, 3.8) is 0 Å². The number of aliphatic hydroxyl groups is 1. The number of hydrogen-bond donors (Lipinski definition) is 2. The molecule has 0 saturated carbocycles. The summed E-state index contributed by atoms with van der Waals surface area (Å²) in [5.74, 6) is 0.120. The van der Waals surface area contributed by atoms with Crippen molar-refractivity contribution in [2.45, 2.75) is 19.8 Å². The molecule has 0 radical (unpaired) electrons. The second-order valence-corrected chi connectivity index (χ2v) is 5.74. The van der Waals surface area contributed by atoms with E-state index >= 15 is 0 Å². The number of benzene rings is 1. The van der Waals surface area contributed by atoms with Crippen LogP contribution in [0.1, 0.15) is 25.3 Å². The van der Waals surface area contributed by atoms with Gasteiger partial charge in [0.25, 0.3) is 0 Å². The minimum absolute atomic E-state index is 0.156. The molecule has 1 aliphatic heterocycles. The van der Waals surface area contributed by atoms with E-state index < -0.39 is 6.61 Å². The smallest absolute Gasteiger partial charge is 0.321 e. The number of hydrogen-bond acceptors (Lipinski definition) is 3. The lowest BCUT2D eigenvalue weighted by Gasteiger charge is -2.34. The molecule has 6 heteroatoms. The van der Waals surface area contributed by atoms with Crippen molar-refractivity contribution in [1.82, 2.24) is 9.80 Å². The lowest BCUT2D eigenvalue weighted by Crippen LogP contribution is -2.52. The monoisotopic (exact) mass is 305 g/mol. The molecule has 0 atom stereocenters. The van der Waals surface area contributed by atoms with Crippen molar-refractivity contribution >= 4 is 17.6 Å². The molecule has 2 N–H and O–H groups in total. The first-order chi connectivity index (χ1) is 10.5. The summed E-state index contributed by atoms with van der Waals surface area (Å²) in [5, 5.41) is 11.7. The molecule has 1 aromatic carbocycles. The predicted molar refractivity (Wildman–Crippen MR) is 84.8 cm³/mol. The maximum absolute atomic E-state index is 12.3. The van der Waals surface area contributed by atoms with E-state index in [0.29, 0.717) is 32.1 Å². The molecule has 1 heterocycles. The van der Waals surface area contributed by atoms with Gasteiger partial charge in [-0.2, -0.15) is 0 Å². The molecular formula is C16H23N3O3. The van der Waals surface area contributed by atoms with Gasteiger partial charge >= 0.3 is 6.03 Å². The van der Waals surface area contributed by atoms with Gasteiger partial charge in [0, 0.05) is 31.9 Å². The molecule has 0 aromatic heterocycles. The molecule has 1 fully saturated rings. The van der Waals surface area contributed by atoms with Crippen molar-refractivity contribution < 1.29 is 14.7 Å². The number of nitrogens with one attached hydrogen (secondary N) is 1. The van der Waals surface area contributed by atoms with Gasteiger partial charge in [-0.25, -0.2) is 4.79 Å². The van der Waals surface area contributed by atoms with Crippen molar-refractivity contribution in [2.24, 2.45) is 0 Å². The standard InChI is InChI=1S/C16H23N3O3/c1-12(2)13-4-3-5-14(10-13)17-16(22)19-8-6-18(7-9-19)15(21)11-20/h3-5,10,12,20H,6-9,11H2,1-2H3,(H,17,22). The first-order valence-corrected chi connectivity index (χ1v) is 7.55. The van der Waals surface area contributed by atoms with Crippen LogP contribution in [-0.2, 0) is 4.79 Å². The zero-order valence-corrected chi connectivity index (χ0v) is 13.1. The minimum Gasteiger partial charge on any atom is -0.387 e. The SMILES string of the molecule is CC(C)c1cccc(NC(=O)N2CCN(C(=O)CO)CC2)c1. The molecule has 0 unspecified atom stereocenters. The normalized spacial score (nSPS) is 15.1. The number of urea groups is 1. The zero-order valence-electron chi connectivity index (χ0n) is 13.1. The van der Waals surface area contributed by atoms with Crippen LogP contribution in [0, 0.1) is 0 Å². The van der Waals surface area contributed by atoms with Crippen LogP contribution in [0.5, 0.6) is 0 Å². The van der Waals surface area contributed by atoms with E-state index in [2.05, 4.69) is 19.2 Å². The van der Waals surface area contributed by atoms with E-state index in [-0.39, 0.29) is 11.9 Å². The van der Waals surface area contributed by atoms with Crippen molar-refractivity contribution in [1.29, 1.82) is 0 Å². The Bertz CT molecular complexity index is 537. The Balaban J connectivity index is 1.91. The average Bonchev–Trinajstić information content (AvgIpc) is 2.54. The number of piperazine rings is 1. The van der Waals surface area contributed by atoms with E-state index in [0.717, 1.165) is 5.69 Å². The number of carbonyl (C=O) groups is 2. The highest BCUT2D eigenvalue weighted by Gasteiger charge is 2.23. The largest absolute Gasteiger partial charge is 0.387 e. The van der Waals surface area contributed by atoms with Crippen molar-refractivity contribution in [2.75, 3.05) is 38.1 Å². The number of nitrogens with zero attached hydrogens (tertiary/aromatic N) is 2. The maximum Gasteiger partial charge on any atom is 0.321 e. The van der Waals surface area contributed by atoms with Gasteiger partial charge < -0.3 is 20.2 Å². The van der Waals surface area contributed by atoms with Gasteiger partial charge in [0.05, 0.1) is 0 Å². The first kappa shape index (κ1) is 16.3. The minimum atomic E-state index is -0.478. The molecule has 0 spiro atoms. The highest BCUT2D eigenvalue weighted by Crippen LogP contribution is 2.19. The van der Waals surface area contributed by atoms with Gasteiger partial charge in [-0.3, -0.25) is 4.79 Å². The number of aliphatic hydroxyl groups excluding tert-OH is 1. The fourth-order valence-corrected chi connectivity index (χ4v) is 2.44. The molecule has 1 aromatic rings. The fraction of sp³-hybridized carbons (Fsp3) is 0.500. The van der Waals surface area contributed by atoms with E-state index in [1.807, 2.05) is 24.3 Å². The Morgan fingerprint density at radius 1 is 1.18 bits per heavy atom. The van der Waals surface area contributed by atoms with Gasteiger partial charge in [-0.1, -0.05) is 26.0 Å². The van der Waals surface area contributed by atoms with Crippen molar-refractivity contribution in [3.8, 4) is 0 Å². The molecule has 2 rings (SSSR count). The Kier molecular flexibility index (Phi) is 5.38. The van der Waals surface area contributed by atoms with Crippen LogP contribution < -0.4 is 5.32 Å². The average molecular weight is 305 g/mol. The Morgan fingerprint density at radius 3 is 2.41 bits per heavy atom. The van der Waals surface area contributed by atoms with Crippen LogP contribution in [0.3, 0.4) is 0 Å². The maximum atomic E-state index is 12.3. The summed E-state index contributed by atoms with van der Waals surface area (Å²) < 4.78 is 0. The summed E-state index contributed by atoms with van der Waals surface area (Å²) in [6, 6.07) is 7.67. The van der Waals surface area contributed by atoms with E-state index in [1.54, 1.807) is 9.80 Å². The highest BCUT2D eigenvalue weighted by molar-refractivity contribution is 5.89. The summed E-state index contributed by atoms with van der Waals surface area (Å²) in [5.41, 5.74) is 1.96. The summed E-state index contributed by atoms with van der Waals surface area (Å²) in [6.45, 7) is 5.60. The lowest BCUT2D eigenvalue weighted by atomic mass is 10.0. The second-order valence-electron chi connectivity index (χ2n) is 5.74. The number of rotatable bonds is 3. The summed E-state index contributed by atoms with van der Waals surface area (Å²) in [4.78, 5) is 26.9. The number of carbonyl (C=O) groups excluding carboxylic acids is 2. The molecule has 3 amide bonds. The predicted octanol–water partition coefficient (Wildman–Crippen LogP) is 1.48. The second kappa shape index (κ2) is 7.26. The number of anilines is 1. The van der Waals surface area contributed by atoms with Crippen LogP contribution in [0.25, 0.3) is 0 Å². The number of amides is 3. The van der Waals surface area contributed by atoms with Crippen LogP contribution in [0.2, 0.25) is 0 Å². The lowest BCUT2D eigenvalue weighted by molar-refractivity contribution is -0.135. The molecule has 1 aliphatic rings. The third-order valence-corrected chi connectivity index (χ3v) is 3.86. The summed E-state index contributed by atoms with van der Waals surface area (Å²) in [6.07, 6.45) is 0. The summed E-state index contributed by atoms with van der Waals surface area (Å²) >= 11 is 0. The van der Waals surface area contributed by atoms with Gasteiger partial charge in [-0.15, -0.1) is 0 Å². The third kappa shape index (κ3) is 3.98. The van der Waals surface area contributed by atoms with Gasteiger partial charge in [0.2, 0.25) is 5.91 Å². The summed E-state index contributed by atoms with van der Waals surface area (Å²) in [7, 11) is 0. The quantitative estimate of drug-likeness (QED) is 0.888. The fourth-order valence-electron chi connectivity index (χ4n) is 2.44. The molecule has 120 valence electrons. The van der Waals surface area contributed by atoms with Crippen LogP contribution in [-0.4, -0.2) is 59.6 Å². The van der Waals surface area contributed by atoms with Gasteiger partial charge in [0.15, 0.2) is 0 Å². The molecule has 22 heavy (non-hydrogen) atoms. The highest BCUT2D eigenvalue weighted by atomic mass is 16.3. The Hall–Kier alpha value is -2.08. The van der Waals surface area contributed by atoms with Crippen molar-refractivity contribution in [3.05, 3.63) is 29.8 Å². The van der Waals surface area contributed by atoms with Gasteiger partial charge in [-0.05, 0) is 23.6 Å². The Labute approximate surface area is 130 Å². The van der Waals surface area contributed by atoms with Crippen LogP contribution in [0.4, 0.5) is 10.5 Å². The van der Waals surface area contributed by atoms with Crippen LogP contribution >= 0.6 is 0 Å². The molecule has 0 aliphatic carbocycles. The first-order valence-electron chi connectivity index (χ1n) is 7.55. The molecule has 6 nitrogen and oxygen atoms in total.